The zero-order chi connectivity index (χ0) is 13.3. The van der Waals surface area contributed by atoms with E-state index in [1.165, 1.54) is 0 Å². The zero-order valence-corrected chi connectivity index (χ0v) is 10.2. The summed E-state index contributed by atoms with van der Waals surface area (Å²) in [6.45, 7) is 4.02. The third kappa shape index (κ3) is 10.5. The van der Waals surface area contributed by atoms with Gasteiger partial charge in [-0.25, -0.2) is 9.68 Å². The molecule has 104 valence electrons. The normalized spacial score (nSPS) is 15.5. The van der Waals surface area contributed by atoms with Gasteiger partial charge >= 0.3 is 0 Å². The van der Waals surface area contributed by atoms with Crippen LogP contribution in [0.25, 0.3) is 0 Å². The third-order valence-corrected chi connectivity index (χ3v) is 2.54. The Balaban J connectivity index is 3.84. The predicted octanol–water partition coefficient (Wildman–Crippen LogP) is 1.60. The summed E-state index contributed by atoms with van der Waals surface area (Å²) in [6, 6.07) is 0. The van der Waals surface area contributed by atoms with Gasteiger partial charge in [0.2, 0.25) is 0 Å². The lowest BCUT2D eigenvalue weighted by molar-refractivity contribution is -0.527. The van der Waals surface area contributed by atoms with Crippen LogP contribution in [0.1, 0.15) is 39.5 Å². The first-order chi connectivity index (χ1) is 7.95. The van der Waals surface area contributed by atoms with Crippen molar-refractivity contribution < 1.29 is 30.5 Å². The van der Waals surface area contributed by atoms with E-state index in [1.807, 2.05) is 0 Å². The van der Waals surface area contributed by atoms with Gasteiger partial charge < -0.3 is 0 Å². The molecule has 8 heteroatoms. The minimum Gasteiger partial charge on any atom is -0.266 e. The maximum atomic E-state index is 8.52. The highest BCUT2D eigenvalue weighted by Crippen LogP contribution is 2.14. The Morgan fingerprint density at radius 2 is 1.71 bits per heavy atom. The van der Waals surface area contributed by atoms with Crippen LogP contribution in [0.5, 0.6) is 0 Å². The fourth-order valence-electron chi connectivity index (χ4n) is 1.35. The molecule has 0 aliphatic carbocycles. The predicted molar refractivity (Wildman–Crippen MR) is 55.0 cm³/mol. The van der Waals surface area contributed by atoms with Crippen molar-refractivity contribution in [3.8, 4) is 0 Å². The second-order valence-electron chi connectivity index (χ2n) is 3.97. The van der Waals surface area contributed by atoms with E-state index in [4.69, 9.17) is 20.8 Å². The summed E-state index contributed by atoms with van der Waals surface area (Å²) in [7, 11) is 0. The Morgan fingerprint density at radius 1 is 1.06 bits per heavy atom. The highest BCUT2D eigenvalue weighted by atomic mass is 17.1. The van der Waals surface area contributed by atoms with Crippen LogP contribution in [0.4, 0.5) is 0 Å². The number of rotatable bonds is 10. The average Bonchev–Trinajstić information content (AvgIpc) is 2.24. The molecule has 0 aromatic heterocycles. The first-order valence-corrected chi connectivity index (χ1v) is 5.61. The van der Waals surface area contributed by atoms with Gasteiger partial charge in [-0.05, 0) is 12.3 Å². The molecule has 0 bridgehead atoms. The SMILES string of the molecule is CCC(C)CCCC(CON(O)O)ON(O)O. The van der Waals surface area contributed by atoms with Gasteiger partial charge in [-0.3, -0.25) is 20.8 Å². The molecule has 8 nitrogen and oxygen atoms in total. The van der Waals surface area contributed by atoms with Crippen molar-refractivity contribution in [2.24, 2.45) is 5.92 Å². The Morgan fingerprint density at radius 3 is 2.18 bits per heavy atom. The Labute approximate surface area is 100 Å². The molecule has 0 heterocycles. The molecule has 0 aliphatic heterocycles. The monoisotopic (exact) mass is 254 g/mol. The van der Waals surface area contributed by atoms with E-state index in [2.05, 4.69) is 23.5 Å². The summed E-state index contributed by atoms with van der Waals surface area (Å²) < 4.78 is 0. The van der Waals surface area contributed by atoms with Gasteiger partial charge in [-0.1, -0.05) is 33.1 Å². The Kier molecular flexibility index (Phi) is 9.50. The van der Waals surface area contributed by atoms with E-state index < -0.39 is 16.9 Å². The van der Waals surface area contributed by atoms with Gasteiger partial charge in [-0.15, -0.1) is 0 Å². The molecule has 2 unspecified atom stereocenters. The number of nitrogens with zero attached hydrogens (tertiary/aromatic N) is 2. The van der Waals surface area contributed by atoms with Gasteiger partial charge in [0.1, 0.15) is 12.7 Å². The van der Waals surface area contributed by atoms with Crippen LogP contribution in [0, 0.1) is 5.92 Å². The summed E-state index contributed by atoms with van der Waals surface area (Å²) >= 11 is 0. The van der Waals surface area contributed by atoms with Crippen molar-refractivity contribution in [3.63, 3.8) is 0 Å². The summed E-state index contributed by atoms with van der Waals surface area (Å²) in [4.78, 5) is 8.95. The van der Waals surface area contributed by atoms with Crippen LogP contribution >= 0.6 is 0 Å². The van der Waals surface area contributed by atoms with E-state index in [1.54, 1.807) is 0 Å². The number of hydrogen-bond acceptors (Lipinski definition) is 8. The van der Waals surface area contributed by atoms with Crippen LogP contribution in [0.15, 0.2) is 0 Å². The Bertz CT molecular complexity index is 181. The maximum Gasteiger partial charge on any atom is 0.110 e. The molecular formula is C9H22N2O6. The van der Waals surface area contributed by atoms with Crippen molar-refractivity contribution in [2.45, 2.75) is 45.6 Å². The van der Waals surface area contributed by atoms with E-state index in [0.29, 0.717) is 12.3 Å². The molecule has 0 fully saturated rings. The molecule has 0 spiro atoms. The van der Waals surface area contributed by atoms with Crippen LogP contribution in [0.2, 0.25) is 0 Å². The molecular weight excluding hydrogens is 232 g/mol. The first kappa shape index (κ1) is 16.7. The summed E-state index contributed by atoms with van der Waals surface area (Å²) in [5.41, 5.74) is 0. The van der Waals surface area contributed by atoms with Crippen molar-refractivity contribution in [2.75, 3.05) is 6.61 Å². The molecule has 0 aliphatic rings. The van der Waals surface area contributed by atoms with Gasteiger partial charge in [0.05, 0.1) is 10.8 Å². The lowest BCUT2D eigenvalue weighted by Crippen LogP contribution is -2.31. The molecule has 0 rings (SSSR count). The second kappa shape index (κ2) is 9.68. The number of hydrogen-bond donors (Lipinski definition) is 4. The topological polar surface area (TPSA) is 106 Å². The lowest BCUT2D eigenvalue weighted by atomic mass is 10.0. The van der Waals surface area contributed by atoms with E-state index in [0.717, 1.165) is 19.3 Å². The fourth-order valence-corrected chi connectivity index (χ4v) is 1.35. The van der Waals surface area contributed by atoms with E-state index in [9.17, 15) is 0 Å². The molecule has 0 saturated carbocycles. The van der Waals surface area contributed by atoms with Crippen LogP contribution in [0.3, 0.4) is 0 Å². The summed E-state index contributed by atoms with van der Waals surface area (Å²) in [5.74, 6) is 0.586. The summed E-state index contributed by atoms with van der Waals surface area (Å²) in [6.07, 6.45) is 2.71. The van der Waals surface area contributed by atoms with E-state index in [-0.39, 0.29) is 6.61 Å². The van der Waals surface area contributed by atoms with Gasteiger partial charge in [-0.2, -0.15) is 0 Å². The molecule has 0 aromatic rings. The molecule has 2 atom stereocenters. The molecule has 0 amide bonds. The molecule has 0 radical (unpaired) electrons. The zero-order valence-electron chi connectivity index (χ0n) is 10.2. The lowest BCUT2D eigenvalue weighted by Gasteiger charge is -2.19. The first-order valence-electron chi connectivity index (χ1n) is 5.61. The molecule has 0 saturated heterocycles. The smallest absolute Gasteiger partial charge is 0.110 e. The van der Waals surface area contributed by atoms with Crippen molar-refractivity contribution in [1.82, 2.24) is 10.8 Å². The third-order valence-electron chi connectivity index (χ3n) is 2.54. The molecule has 0 aromatic carbocycles. The quantitative estimate of drug-likeness (QED) is 0.435. The summed E-state index contributed by atoms with van der Waals surface area (Å²) in [5, 5.41) is 32.9. The molecule has 4 N–H and O–H groups in total. The van der Waals surface area contributed by atoms with Crippen LogP contribution in [-0.4, -0.2) is 44.3 Å². The maximum absolute atomic E-state index is 8.52. The van der Waals surface area contributed by atoms with Gasteiger partial charge in [0.25, 0.3) is 0 Å². The highest BCUT2D eigenvalue weighted by Gasteiger charge is 2.15. The fraction of sp³-hybridized carbons (Fsp3) is 1.00. The van der Waals surface area contributed by atoms with Gasteiger partial charge in [0, 0.05) is 0 Å². The Hall–Kier alpha value is -0.320. The van der Waals surface area contributed by atoms with Gasteiger partial charge in [0.15, 0.2) is 0 Å². The second-order valence-corrected chi connectivity index (χ2v) is 3.97. The standard InChI is InChI=1S/C9H22N2O6/c1-3-8(2)5-4-6-9(17-11(14)15)7-16-10(12)13/h8-9,12-15H,3-7H2,1-2H3. The average molecular weight is 254 g/mol. The minimum atomic E-state index is -0.671. The van der Waals surface area contributed by atoms with Crippen molar-refractivity contribution >= 4 is 0 Å². The highest BCUT2D eigenvalue weighted by molar-refractivity contribution is 4.58. The van der Waals surface area contributed by atoms with Crippen LogP contribution in [-0.2, 0) is 9.68 Å². The van der Waals surface area contributed by atoms with Crippen molar-refractivity contribution in [1.29, 1.82) is 0 Å². The largest absolute Gasteiger partial charge is 0.266 e. The van der Waals surface area contributed by atoms with E-state index >= 15 is 0 Å². The van der Waals surface area contributed by atoms with Crippen LogP contribution < -0.4 is 0 Å². The van der Waals surface area contributed by atoms with Crippen molar-refractivity contribution in [3.05, 3.63) is 0 Å². The minimum absolute atomic E-state index is 0.203. The molecule has 17 heavy (non-hydrogen) atoms.